The van der Waals surface area contributed by atoms with Gasteiger partial charge in [-0.1, -0.05) is 12.5 Å². The van der Waals surface area contributed by atoms with Crippen LogP contribution in [-0.4, -0.2) is 37.7 Å². The molecule has 0 radical (unpaired) electrons. The number of nitrogens with zero attached hydrogens (tertiary/aromatic N) is 1. The van der Waals surface area contributed by atoms with Gasteiger partial charge in [-0.2, -0.15) is 0 Å². The summed E-state index contributed by atoms with van der Waals surface area (Å²) < 4.78 is 7.47. The van der Waals surface area contributed by atoms with Crippen molar-refractivity contribution in [2.24, 2.45) is 5.92 Å². The van der Waals surface area contributed by atoms with Crippen molar-refractivity contribution in [3.05, 3.63) is 46.1 Å². The van der Waals surface area contributed by atoms with E-state index in [9.17, 15) is 4.79 Å². The van der Waals surface area contributed by atoms with Gasteiger partial charge in [0.2, 0.25) is 0 Å². The number of fused-ring (bicyclic) bond motifs is 3. The van der Waals surface area contributed by atoms with Crippen LogP contribution in [-0.2, 0) is 0 Å². The second-order valence-electron chi connectivity index (χ2n) is 8.81. The van der Waals surface area contributed by atoms with Crippen LogP contribution in [0.1, 0.15) is 37.7 Å². The van der Waals surface area contributed by atoms with Gasteiger partial charge >= 0.3 is 0 Å². The maximum atomic E-state index is 13.5. The maximum Gasteiger partial charge on any atom is 0.198 e. The van der Waals surface area contributed by atoms with E-state index in [-0.39, 0.29) is 5.43 Å². The molecule has 2 saturated heterocycles. The predicted octanol–water partition coefficient (Wildman–Crippen LogP) is 5.41. The molecular formula is C25H30N2O2S. The number of hydrogen-bond acceptors (Lipinski definition) is 5. The van der Waals surface area contributed by atoms with Gasteiger partial charge in [0, 0.05) is 33.1 Å². The van der Waals surface area contributed by atoms with E-state index in [0.29, 0.717) is 12.0 Å². The van der Waals surface area contributed by atoms with Gasteiger partial charge in [0.25, 0.3) is 0 Å². The smallest absolute Gasteiger partial charge is 0.198 e. The number of rotatable bonds is 4. The summed E-state index contributed by atoms with van der Waals surface area (Å²) >= 11 is 1.70. The molecule has 0 spiro atoms. The van der Waals surface area contributed by atoms with E-state index in [0.717, 1.165) is 43.7 Å². The maximum absolute atomic E-state index is 13.5. The third kappa shape index (κ3) is 3.48. The van der Waals surface area contributed by atoms with Crippen molar-refractivity contribution in [2.45, 2.75) is 45.1 Å². The summed E-state index contributed by atoms with van der Waals surface area (Å²) in [5, 5.41) is 5.28. The summed E-state index contributed by atoms with van der Waals surface area (Å²) in [6.07, 6.45) is 6.59. The fourth-order valence-electron chi connectivity index (χ4n) is 5.39. The first-order valence-electron chi connectivity index (χ1n) is 11.2. The summed E-state index contributed by atoms with van der Waals surface area (Å²) in [4.78, 5) is 16.2. The van der Waals surface area contributed by atoms with Gasteiger partial charge in [0.15, 0.2) is 5.43 Å². The molecule has 3 aromatic rings. The lowest BCUT2D eigenvalue weighted by Gasteiger charge is -2.44. The molecule has 4 nitrogen and oxygen atoms in total. The highest BCUT2D eigenvalue weighted by Crippen LogP contribution is 2.35. The van der Waals surface area contributed by atoms with Gasteiger partial charge in [-0.3, -0.25) is 4.79 Å². The lowest BCUT2D eigenvalue weighted by Crippen LogP contribution is -2.49. The number of anilines is 1. The van der Waals surface area contributed by atoms with Crippen LogP contribution < -0.4 is 15.5 Å². The first-order valence-corrected chi connectivity index (χ1v) is 12.0. The average Bonchev–Trinajstić information content (AvgIpc) is 2.79. The number of ether oxygens (including phenoxy) is 1. The van der Waals surface area contributed by atoms with Crippen molar-refractivity contribution in [3.63, 3.8) is 0 Å². The fourth-order valence-corrected chi connectivity index (χ4v) is 6.55. The van der Waals surface area contributed by atoms with Crippen LogP contribution >= 0.6 is 11.3 Å². The molecule has 0 bridgehead atoms. The highest BCUT2D eigenvalue weighted by molar-refractivity contribution is 7.24. The Morgan fingerprint density at radius 2 is 2.00 bits per heavy atom. The number of benzene rings is 2. The number of methoxy groups -OCH3 is 1. The summed E-state index contributed by atoms with van der Waals surface area (Å²) in [7, 11) is 1.64. The SMILES string of the molecule is COc1ccc2sc3c(C)ccc(NC[C@H]4CCCN5CCCC[C@H]45)c3c(=O)c2c1. The van der Waals surface area contributed by atoms with Crippen LogP contribution in [0, 0.1) is 12.8 Å². The summed E-state index contributed by atoms with van der Waals surface area (Å²) in [6.45, 7) is 5.56. The lowest BCUT2D eigenvalue weighted by molar-refractivity contribution is 0.0649. The first kappa shape index (κ1) is 19.8. The van der Waals surface area contributed by atoms with Crippen molar-refractivity contribution >= 4 is 37.2 Å². The molecule has 3 heterocycles. The molecule has 5 heteroatoms. The molecule has 2 atom stereocenters. The molecule has 30 heavy (non-hydrogen) atoms. The first-order chi connectivity index (χ1) is 14.7. The molecule has 2 aliphatic heterocycles. The molecule has 0 saturated carbocycles. The standard InChI is InChI=1S/C25H30N2O2S/c1-16-8-10-20(26-15-17-6-5-13-27-12-4-3-7-21(17)27)23-24(28)19-14-18(29-2)9-11-22(19)30-25(16)23/h8-11,14,17,21,26H,3-7,12-13,15H2,1-2H3/t17-,21-/m1/s1. The van der Waals surface area contributed by atoms with Gasteiger partial charge in [-0.25, -0.2) is 0 Å². The van der Waals surface area contributed by atoms with E-state index in [1.807, 2.05) is 18.2 Å². The van der Waals surface area contributed by atoms with Crippen LogP contribution in [0.25, 0.3) is 20.2 Å². The van der Waals surface area contributed by atoms with Gasteiger partial charge in [0.1, 0.15) is 5.75 Å². The van der Waals surface area contributed by atoms with Gasteiger partial charge < -0.3 is 15.0 Å². The Kier molecular flexibility index (Phi) is 5.42. The van der Waals surface area contributed by atoms with Crippen LogP contribution in [0.4, 0.5) is 5.69 Å². The Morgan fingerprint density at radius 3 is 2.87 bits per heavy atom. The van der Waals surface area contributed by atoms with Crippen molar-refractivity contribution in [1.29, 1.82) is 0 Å². The minimum absolute atomic E-state index is 0.104. The minimum Gasteiger partial charge on any atom is -0.497 e. The fraction of sp³-hybridized carbons (Fsp3) is 0.480. The Labute approximate surface area is 181 Å². The monoisotopic (exact) mass is 422 g/mol. The molecule has 1 N–H and O–H groups in total. The second kappa shape index (κ2) is 8.20. The van der Waals surface area contributed by atoms with Crippen LogP contribution in [0.15, 0.2) is 35.1 Å². The molecule has 2 aromatic carbocycles. The third-order valence-electron chi connectivity index (χ3n) is 7.01. The number of aryl methyl sites for hydroxylation is 1. The summed E-state index contributed by atoms with van der Waals surface area (Å²) in [6, 6.07) is 10.7. The van der Waals surface area contributed by atoms with E-state index < -0.39 is 0 Å². The van der Waals surface area contributed by atoms with Crippen molar-refractivity contribution in [1.82, 2.24) is 4.90 Å². The van der Waals surface area contributed by atoms with E-state index in [1.54, 1.807) is 18.4 Å². The van der Waals surface area contributed by atoms with Crippen LogP contribution in [0.5, 0.6) is 5.75 Å². The van der Waals surface area contributed by atoms with E-state index >= 15 is 0 Å². The summed E-state index contributed by atoms with van der Waals surface area (Å²) in [5.41, 5.74) is 2.24. The Hall–Kier alpha value is -2.11. The quantitative estimate of drug-likeness (QED) is 0.571. The average molecular weight is 423 g/mol. The summed E-state index contributed by atoms with van der Waals surface area (Å²) in [5.74, 6) is 1.39. The van der Waals surface area contributed by atoms with E-state index in [4.69, 9.17) is 4.74 Å². The zero-order chi connectivity index (χ0) is 20.7. The molecule has 2 aliphatic rings. The normalized spacial score (nSPS) is 22.2. The number of hydrogen-bond donors (Lipinski definition) is 1. The molecule has 158 valence electrons. The zero-order valence-electron chi connectivity index (χ0n) is 17.9. The van der Waals surface area contributed by atoms with Gasteiger partial charge in [0.05, 0.1) is 12.5 Å². The predicted molar refractivity (Wildman–Crippen MR) is 127 cm³/mol. The minimum atomic E-state index is 0.104. The van der Waals surface area contributed by atoms with Crippen LogP contribution in [0.3, 0.4) is 0 Å². The zero-order valence-corrected chi connectivity index (χ0v) is 18.7. The third-order valence-corrected chi connectivity index (χ3v) is 8.31. The Bertz CT molecular complexity index is 1140. The highest BCUT2D eigenvalue weighted by Gasteiger charge is 2.32. The molecular weight excluding hydrogens is 392 g/mol. The van der Waals surface area contributed by atoms with Crippen LogP contribution in [0.2, 0.25) is 0 Å². The number of piperidine rings is 2. The molecule has 0 amide bonds. The second-order valence-corrected chi connectivity index (χ2v) is 9.86. The highest BCUT2D eigenvalue weighted by atomic mass is 32.1. The van der Waals surface area contributed by atoms with Crippen molar-refractivity contribution in [2.75, 3.05) is 32.1 Å². The Morgan fingerprint density at radius 1 is 1.13 bits per heavy atom. The van der Waals surface area contributed by atoms with Gasteiger partial charge in [-0.15, -0.1) is 11.3 Å². The van der Waals surface area contributed by atoms with E-state index in [1.165, 1.54) is 45.2 Å². The molecule has 2 fully saturated rings. The van der Waals surface area contributed by atoms with Crippen molar-refractivity contribution < 1.29 is 4.74 Å². The molecule has 5 rings (SSSR count). The largest absolute Gasteiger partial charge is 0.497 e. The molecule has 1 aromatic heterocycles. The van der Waals surface area contributed by atoms with Crippen molar-refractivity contribution in [3.8, 4) is 5.75 Å². The molecule has 0 aliphatic carbocycles. The van der Waals surface area contributed by atoms with E-state index in [2.05, 4.69) is 29.3 Å². The topological polar surface area (TPSA) is 41.6 Å². The number of nitrogens with one attached hydrogen (secondary N) is 1. The molecule has 0 unspecified atom stereocenters. The van der Waals surface area contributed by atoms with Gasteiger partial charge in [-0.05, 0) is 81.4 Å². The Balaban J connectivity index is 1.51. The lowest BCUT2D eigenvalue weighted by atomic mass is 9.83.